The molecule has 1 aromatic carbocycles. The van der Waals surface area contributed by atoms with E-state index < -0.39 is 0 Å². The fourth-order valence-electron chi connectivity index (χ4n) is 1.75. The Bertz CT molecular complexity index is 578. The summed E-state index contributed by atoms with van der Waals surface area (Å²) in [7, 11) is 1.61. The number of carbonyl (C=O) groups excluding carboxylic acids is 1. The zero-order valence-corrected chi connectivity index (χ0v) is 11.4. The van der Waals surface area contributed by atoms with E-state index in [9.17, 15) is 4.79 Å². The van der Waals surface area contributed by atoms with Crippen LogP contribution in [0.5, 0.6) is 5.75 Å². The van der Waals surface area contributed by atoms with Crippen LogP contribution in [0.4, 0.5) is 0 Å². The van der Waals surface area contributed by atoms with Crippen LogP contribution in [0, 0.1) is 6.92 Å². The topological polar surface area (TPSA) is 52.1 Å². The van der Waals surface area contributed by atoms with Gasteiger partial charge in [0.05, 0.1) is 12.8 Å². The van der Waals surface area contributed by atoms with Gasteiger partial charge in [-0.05, 0) is 48.6 Å². The van der Waals surface area contributed by atoms with E-state index in [0.29, 0.717) is 16.9 Å². The number of methoxy groups -OCH3 is 1. The number of aromatic nitrogens is 2. The van der Waals surface area contributed by atoms with Gasteiger partial charge in [0.1, 0.15) is 10.6 Å². The first-order chi connectivity index (χ1) is 8.67. The standard InChI is InChI=1S/C13H14N2O2S/c1-4-11-13(18-15-14-11)12(16)10-6-5-9(17-3)7-8(10)2/h5-7H,4H2,1-3H3. The molecular weight excluding hydrogens is 248 g/mol. The maximum atomic E-state index is 12.4. The van der Waals surface area contributed by atoms with Crippen molar-refractivity contribution in [1.29, 1.82) is 0 Å². The molecule has 0 amide bonds. The Balaban J connectivity index is 2.40. The van der Waals surface area contributed by atoms with Crippen LogP contribution in [0.3, 0.4) is 0 Å². The van der Waals surface area contributed by atoms with Gasteiger partial charge in [-0.3, -0.25) is 4.79 Å². The maximum Gasteiger partial charge on any atom is 0.206 e. The first-order valence-corrected chi connectivity index (χ1v) is 6.45. The number of ether oxygens (including phenoxy) is 1. The number of benzene rings is 1. The molecule has 1 heterocycles. The molecule has 0 saturated heterocycles. The summed E-state index contributed by atoms with van der Waals surface area (Å²) >= 11 is 1.15. The lowest BCUT2D eigenvalue weighted by Crippen LogP contribution is -2.04. The minimum absolute atomic E-state index is 0.0120. The highest BCUT2D eigenvalue weighted by Crippen LogP contribution is 2.22. The van der Waals surface area contributed by atoms with E-state index in [4.69, 9.17) is 4.74 Å². The molecule has 0 aliphatic carbocycles. The van der Waals surface area contributed by atoms with E-state index in [1.165, 1.54) is 0 Å². The molecule has 2 aromatic rings. The molecule has 1 aromatic heterocycles. The SMILES string of the molecule is CCc1nnsc1C(=O)c1ccc(OC)cc1C. The highest BCUT2D eigenvalue weighted by atomic mass is 32.1. The molecule has 0 spiro atoms. The van der Waals surface area contributed by atoms with Crippen molar-refractivity contribution < 1.29 is 9.53 Å². The quantitative estimate of drug-likeness (QED) is 0.795. The molecule has 0 fully saturated rings. The van der Waals surface area contributed by atoms with E-state index >= 15 is 0 Å². The molecular formula is C13H14N2O2S. The molecule has 0 atom stereocenters. The van der Waals surface area contributed by atoms with Gasteiger partial charge in [-0.2, -0.15) is 0 Å². The van der Waals surface area contributed by atoms with Crippen molar-refractivity contribution in [3.05, 3.63) is 39.9 Å². The molecule has 2 rings (SSSR count). The lowest BCUT2D eigenvalue weighted by Gasteiger charge is -2.06. The number of rotatable bonds is 4. The number of nitrogens with zero attached hydrogens (tertiary/aromatic N) is 2. The lowest BCUT2D eigenvalue weighted by molar-refractivity contribution is 0.104. The Morgan fingerprint density at radius 3 is 2.83 bits per heavy atom. The summed E-state index contributed by atoms with van der Waals surface area (Å²) in [6, 6.07) is 5.43. The summed E-state index contributed by atoms with van der Waals surface area (Å²) < 4.78 is 8.98. The Morgan fingerprint density at radius 1 is 1.44 bits per heavy atom. The number of hydrogen-bond acceptors (Lipinski definition) is 5. The minimum Gasteiger partial charge on any atom is -0.497 e. The molecule has 0 radical (unpaired) electrons. The molecule has 0 aliphatic heterocycles. The second kappa shape index (κ2) is 5.27. The van der Waals surface area contributed by atoms with Crippen LogP contribution in [0.25, 0.3) is 0 Å². The highest BCUT2D eigenvalue weighted by Gasteiger charge is 2.18. The zero-order valence-electron chi connectivity index (χ0n) is 10.6. The second-order valence-electron chi connectivity index (χ2n) is 3.91. The minimum atomic E-state index is -0.0120. The lowest BCUT2D eigenvalue weighted by atomic mass is 10.0. The van der Waals surface area contributed by atoms with E-state index in [1.54, 1.807) is 19.2 Å². The number of hydrogen-bond donors (Lipinski definition) is 0. The molecule has 0 N–H and O–H groups in total. The van der Waals surface area contributed by atoms with E-state index in [-0.39, 0.29) is 5.78 Å². The number of carbonyl (C=O) groups is 1. The molecule has 94 valence electrons. The fraction of sp³-hybridized carbons (Fsp3) is 0.308. The third-order valence-electron chi connectivity index (χ3n) is 2.78. The summed E-state index contributed by atoms with van der Waals surface area (Å²) in [5, 5.41) is 3.97. The predicted octanol–water partition coefficient (Wildman–Crippen LogP) is 2.65. The van der Waals surface area contributed by atoms with Crippen molar-refractivity contribution in [2.75, 3.05) is 7.11 Å². The summed E-state index contributed by atoms with van der Waals surface area (Å²) in [6.45, 7) is 3.87. The van der Waals surface area contributed by atoms with Crippen LogP contribution in [-0.2, 0) is 6.42 Å². The van der Waals surface area contributed by atoms with Gasteiger partial charge < -0.3 is 4.74 Å². The van der Waals surface area contributed by atoms with Crippen molar-refractivity contribution in [2.45, 2.75) is 20.3 Å². The molecule has 5 heteroatoms. The average Bonchev–Trinajstić information content (AvgIpc) is 2.86. The van der Waals surface area contributed by atoms with Gasteiger partial charge in [-0.25, -0.2) is 0 Å². The van der Waals surface area contributed by atoms with Crippen LogP contribution < -0.4 is 4.74 Å². The summed E-state index contributed by atoms with van der Waals surface area (Å²) in [5.41, 5.74) is 2.34. The van der Waals surface area contributed by atoms with Gasteiger partial charge in [-0.1, -0.05) is 11.4 Å². The van der Waals surface area contributed by atoms with Crippen LogP contribution in [0.15, 0.2) is 18.2 Å². The van der Waals surface area contributed by atoms with Gasteiger partial charge in [0.15, 0.2) is 0 Å². The van der Waals surface area contributed by atoms with Gasteiger partial charge >= 0.3 is 0 Å². The highest BCUT2D eigenvalue weighted by molar-refractivity contribution is 7.08. The van der Waals surface area contributed by atoms with Crippen molar-refractivity contribution >= 4 is 17.3 Å². The molecule has 0 bridgehead atoms. The first-order valence-electron chi connectivity index (χ1n) is 5.68. The van der Waals surface area contributed by atoms with Gasteiger partial charge in [0.25, 0.3) is 0 Å². The Kier molecular flexibility index (Phi) is 3.72. The van der Waals surface area contributed by atoms with Gasteiger partial charge in [-0.15, -0.1) is 5.10 Å². The number of ketones is 1. The maximum absolute atomic E-state index is 12.4. The Hall–Kier alpha value is -1.75. The zero-order chi connectivity index (χ0) is 13.1. The normalized spacial score (nSPS) is 10.4. The first kappa shape index (κ1) is 12.7. The molecule has 0 unspecified atom stereocenters. The van der Waals surface area contributed by atoms with Crippen LogP contribution in [0.1, 0.15) is 33.4 Å². The second-order valence-corrected chi connectivity index (χ2v) is 4.67. The predicted molar refractivity (Wildman–Crippen MR) is 70.5 cm³/mol. The van der Waals surface area contributed by atoms with E-state index in [0.717, 1.165) is 28.5 Å². The summed E-state index contributed by atoms with van der Waals surface area (Å²) in [4.78, 5) is 13.0. The van der Waals surface area contributed by atoms with Crippen LogP contribution >= 0.6 is 11.5 Å². The summed E-state index contributed by atoms with van der Waals surface area (Å²) in [5.74, 6) is 0.740. The molecule has 0 saturated carbocycles. The largest absolute Gasteiger partial charge is 0.497 e. The monoisotopic (exact) mass is 262 g/mol. The smallest absolute Gasteiger partial charge is 0.206 e. The average molecular weight is 262 g/mol. The molecule has 0 aliphatic rings. The van der Waals surface area contributed by atoms with Gasteiger partial charge in [0, 0.05) is 5.56 Å². The van der Waals surface area contributed by atoms with Gasteiger partial charge in [0.2, 0.25) is 5.78 Å². The summed E-state index contributed by atoms with van der Waals surface area (Å²) in [6.07, 6.45) is 0.715. The van der Waals surface area contributed by atoms with Crippen LogP contribution in [-0.4, -0.2) is 22.5 Å². The van der Waals surface area contributed by atoms with Crippen LogP contribution in [0.2, 0.25) is 0 Å². The van der Waals surface area contributed by atoms with E-state index in [1.807, 2.05) is 19.9 Å². The number of aryl methyl sites for hydroxylation is 2. The van der Waals surface area contributed by atoms with Crippen molar-refractivity contribution in [2.24, 2.45) is 0 Å². The Morgan fingerprint density at radius 2 is 2.22 bits per heavy atom. The fourth-order valence-corrected chi connectivity index (χ4v) is 2.46. The molecule has 18 heavy (non-hydrogen) atoms. The molecule has 4 nitrogen and oxygen atoms in total. The van der Waals surface area contributed by atoms with E-state index in [2.05, 4.69) is 9.59 Å². The third-order valence-corrected chi connectivity index (χ3v) is 3.54. The van der Waals surface area contributed by atoms with Crippen molar-refractivity contribution in [1.82, 2.24) is 9.59 Å². The van der Waals surface area contributed by atoms with Crippen molar-refractivity contribution in [3.63, 3.8) is 0 Å². The third kappa shape index (κ3) is 2.26. The van der Waals surface area contributed by atoms with Crippen molar-refractivity contribution in [3.8, 4) is 5.75 Å². The Labute approximate surface area is 110 Å².